The van der Waals surface area contributed by atoms with Crippen LogP contribution in [0.4, 0.5) is 11.4 Å². The van der Waals surface area contributed by atoms with Gasteiger partial charge in [0.15, 0.2) is 0 Å². The summed E-state index contributed by atoms with van der Waals surface area (Å²) < 4.78 is 5.57. The van der Waals surface area contributed by atoms with Crippen LogP contribution in [0.5, 0.6) is 0 Å². The minimum atomic E-state index is -0.523. The Morgan fingerprint density at radius 3 is 2.58 bits per heavy atom. The Balaban J connectivity index is 2.18. The van der Waals surface area contributed by atoms with Crippen LogP contribution in [0.1, 0.15) is 19.8 Å². The molecule has 0 amide bonds. The zero-order valence-electron chi connectivity index (χ0n) is 10.4. The molecule has 0 saturated carbocycles. The fourth-order valence-electron chi connectivity index (χ4n) is 2.12. The summed E-state index contributed by atoms with van der Waals surface area (Å²) in [5, 5.41) is 14.4. The van der Waals surface area contributed by atoms with Crippen molar-refractivity contribution >= 4 is 34.6 Å². The number of hydrogen-bond donors (Lipinski definition) is 1. The monoisotopic (exact) mass is 304 g/mol. The minimum Gasteiger partial charge on any atom is -0.378 e. The largest absolute Gasteiger partial charge is 0.378 e. The normalized spacial score (nSPS) is 20.3. The van der Waals surface area contributed by atoms with Gasteiger partial charge in [-0.1, -0.05) is 23.2 Å². The molecule has 1 heterocycles. The average Bonchev–Trinajstić information content (AvgIpc) is 2.86. The molecular formula is C12H14Cl2N2O3. The third kappa shape index (κ3) is 3.29. The number of nitro benzene ring substituents is 1. The van der Waals surface area contributed by atoms with Crippen LogP contribution < -0.4 is 5.32 Å². The molecule has 1 aromatic carbocycles. The number of benzene rings is 1. The summed E-state index contributed by atoms with van der Waals surface area (Å²) in [5.41, 5.74) is 0.391. The lowest BCUT2D eigenvalue weighted by molar-refractivity contribution is -0.384. The van der Waals surface area contributed by atoms with Gasteiger partial charge in [-0.05, 0) is 19.8 Å². The number of rotatable bonds is 4. The van der Waals surface area contributed by atoms with Gasteiger partial charge >= 0.3 is 0 Å². The van der Waals surface area contributed by atoms with Gasteiger partial charge in [-0.2, -0.15) is 0 Å². The molecule has 0 aliphatic carbocycles. The number of hydrogen-bond acceptors (Lipinski definition) is 4. The van der Waals surface area contributed by atoms with Gasteiger partial charge in [-0.3, -0.25) is 10.1 Å². The lowest BCUT2D eigenvalue weighted by Gasteiger charge is -2.22. The maximum Gasteiger partial charge on any atom is 0.272 e. The predicted molar refractivity (Wildman–Crippen MR) is 75.2 cm³/mol. The Hall–Kier alpha value is -1.04. The van der Waals surface area contributed by atoms with Gasteiger partial charge in [0, 0.05) is 24.8 Å². The van der Waals surface area contributed by atoms with Crippen molar-refractivity contribution in [1.82, 2.24) is 0 Å². The Kier molecular flexibility index (Phi) is 4.50. The van der Waals surface area contributed by atoms with E-state index in [1.165, 1.54) is 12.1 Å². The molecule has 1 aromatic rings. The van der Waals surface area contributed by atoms with E-state index in [4.69, 9.17) is 27.9 Å². The second-order valence-electron chi connectivity index (χ2n) is 4.53. The van der Waals surface area contributed by atoms with E-state index in [0.717, 1.165) is 19.4 Å². The second kappa shape index (κ2) is 5.94. The van der Waals surface area contributed by atoms with E-state index < -0.39 is 4.92 Å². The topological polar surface area (TPSA) is 64.4 Å². The van der Waals surface area contributed by atoms with Gasteiger partial charge in [0.05, 0.1) is 26.8 Å². The summed E-state index contributed by atoms with van der Waals surface area (Å²) in [6.45, 7) is 2.74. The van der Waals surface area contributed by atoms with Crippen LogP contribution in [0.25, 0.3) is 0 Å². The van der Waals surface area contributed by atoms with E-state index >= 15 is 0 Å². The molecule has 0 bridgehead atoms. The molecule has 7 heteroatoms. The number of ether oxygens (including phenoxy) is 1. The van der Waals surface area contributed by atoms with Crippen LogP contribution in [-0.4, -0.2) is 23.7 Å². The second-order valence-corrected chi connectivity index (χ2v) is 5.34. The Bertz CT molecular complexity index is 467. The molecule has 0 spiro atoms. The molecule has 2 rings (SSSR count). The van der Waals surface area contributed by atoms with Gasteiger partial charge in [0.2, 0.25) is 0 Å². The van der Waals surface area contributed by atoms with Crippen LogP contribution in [0.15, 0.2) is 12.1 Å². The highest BCUT2D eigenvalue weighted by Gasteiger charge is 2.24. The third-order valence-corrected chi connectivity index (χ3v) is 3.73. The molecule has 5 nitrogen and oxygen atoms in total. The lowest BCUT2D eigenvalue weighted by atomic mass is 10.1. The summed E-state index contributed by atoms with van der Waals surface area (Å²) in [7, 11) is 0. The van der Waals surface area contributed by atoms with Crippen LogP contribution in [0.2, 0.25) is 10.0 Å². The van der Waals surface area contributed by atoms with Gasteiger partial charge in [0.25, 0.3) is 5.69 Å². The highest BCUT2D eigenvalue weighted by Crippen LogP contribution is 2.35. The summed E-state index contributed by atoms with van der Waals surface area (Å²) in [5.74, 6) is 0. The fraction of sp³-hybridized carbons (Fsp3) is 0.500. The number of nitrogens with one attached hydrogen (secondary N) is 1. The third-order valence-electron chi connectivity index (χ3n) is 3.13. The van der Waals surface area contributed by atoms with Crippen molar-refractivity contribution in [1.29, 1.82) is 0 Å². The van der Waals surface area contributed by atoms with Crippen LogP contribution >= 0.6 is 23.2 Å². The van der Waals surface area contributed by atoms with Crippen molar-refractivity contribution in [2.75, 3.05) is 11.9 Å². The van der Waals surface area contributed by atoms with Crippen molar-refractivity contribution in [3.05, 3.63) is 32.3 Å². The Morgan fingerprint density at radius 1 is 1.47 bits per heavy atom. The van der Waals surface area contributed by atoms with Gasteiger partial charge in [-0.15, -0.1) is 0 Å². The summed E-state index contributed by atoms with van der Waals surface area (Å²) in [6, 6.07) is 2.62. The van der Waals surface area contributed by atoms with E-state index in [9.17, 15) is 10.1 Å². The van der Waals surface area contributed by atoms with Gasteiger partial charge in [-0.25, -0.2) is 0 Å². The molecule has 104 valence electrons. The van der Waals surface area contributed by atoms with Crippen molar-refractivity contribution in [3.8, 4) is 0 Å². The smallest absolute Gasteiger partial charge is 0.272 e. The number of non-ortho nitro benzene ring substituents is 1. The predicted octanol–water partition coefficient (Wildman–Crippen LogP) is 3.88. The van der Waals surface area contributed by atoms with Crippen molar-refractivity contribution in [2.45, 2.75) is 31.9 Å². The fourth-order valence-corrected chi connectivity index (χ4v) is 2.71. The zero-order valence-corrected chi connectivity index (χ0v) is 11.9. The van der Waals surface area contributed by atoms with E-state index in [2.05, 4.69) is 5.32 Å². The lowest BCUT2D eigenvalue weighted by Crippen LogP contribution is -2.30. The highest BCUT2D eigenvalue weighted by molar-refractivity contribution is 6.39. The number of anilines is 1. The van der Waals surface area contributed by atoms with Gasteiger partial charge in [0.1, 0.15) is 0 Å². The van der Waals surface area contributed by atoms with Crippen LogP contribution in [0.3, 0.4) is 0 Å². The zero-order chi connectivity index (χ0) is 14.0. The molecule has 0 radical (unpaired) electrons. The highest BCUT2D eigenvalue weighted by atomic mass is 35.5. The van der Waals surface area contributed by atoms with Crippen LogP contribution in [-0.2, 0) is 4.74 Å². The summed E-state index contributed by atoms with van der Waals surface area (Å²) in [4.78, 5) is 10.2. The number of nitro groups is 1. The first-order valence-corrected chi connectivity index (χ1v) is 6.76. The van der Waals surface area contributed by atoms with Crippen molar-refractivity contribution < 1.29 is 9.66 Å². The molecule has 1 aliphatic heterocycles. The number of nitrogens with zero attached hydrogens (tertiary/aromatic N) is 1. The standard InChI is InChI=1S/C12H14Cl2N2O3/c1-7(11-3-2-4-19-11)15-12-9(13)5-8(16(17)18)6-10(12)14/h5-7,11,15H,2-4H2,1H3. The maximum absolute atomic E-state index is 10.7. The maximum atomic E-state index is 10.7. The first kappa shape index (κ1) is 14.4. The first-order valence-electron chi connectivity index (χ1n) is 6.00. The quantitative estimate of drug-likeness (QED) is 0.677. The molecule has 1 aliphatic rings. The van der Waals surface area contributed by atoms with Crippen LogP contribution in [0, 0.1) is 10.1 Å². The molecule has 0 aromatic heterocycles. The van der Waals surface area contributed by atoms with E-state index in [1.807, 2.05) is 6.92 Å². The SMILES string of the molecule is CC(Nc1c(Cl)cc([N+](=O)[O-])cc1Cl)C1CCCO1. The Labute approximate surface area is 121 Å². The number of halogens is 2. The molecule has 1 saturated heterocycles. The first-order chi connectivity index (χ1) is 8.99. The van der Waals surface area contributed by atoms with E-state index in [0.29, 0.717) is 5.69 Å². The van der Waals surface area contributed by atoms with Crippen molar-refractivity contribution in [2.24, 2.45) is 0 Å². The van der Waals surface area contributed by atoms with E-state index in [-0.39, 0.29) is 27.9 Å². The summed E-state index contributed by atoms with van der Waals surface area (Å²) >= 11 is 12.1. The Morgan fingerprint density at radius 2 is 2.11 bits per heavy atom. The molecule has 1 N–H and O–H groups in total. The minimum absolute atomic E-state index is 0.0407. The molecule has 1 fully saturated rings. The van der Waals surface area contributed by atoms with Crippen molar-refractivity contribution in [3.63, 3.8) is 0 Å². The molecule has 2 unspecified atom stereocenters. The molecule has 2 atom stereocenters. The van der Waals surface area contributed by atoms with E-state index in [1.54, 1.807) is 0 Å². The molecular weight excluding hydrogens is 291 g/mol. The average molecular weight is 305 g/mol. The molecule has 19 heavy (non-hydrogen) atoms. The summed E-state index contributed by atoms with van der Waals surface area (Å²) in [6.07, 6.45) is 2.14. The van der Waals surface area contributed by atoms with Gasteiger partial charge < -0.3 is 10.1 Å².